The van der Waals surface area contributed by atoms with Gasteiger partial charge in [-0.05, 0) is 18.2 Å². The van der Waals surface area contributed by atoms with Crippen LogP contribution in [0.15, 0.2) is 54.6 Å². The number of hydrogen-bond acceptors (Lipinski definition) is 2. The summed E-state index contributed by atoms with van der Waals surface area (Å²) < 4.78 is 0.709. The highest BCUT2D eigenvalue weighted by atomic mass is 16.5. The van der Waals surface area contributed by atoms with E-state index in [1.54, 1.807) is 36.4 Å². The van der Waals surface area contributed by atoms with E-state index in [1.807, 2.05) is 6.07 Å². The average molecular weight is 241 g/mol. The number of carboxylic acid groups (broad SMARTS) is 1. The van der Waals surface area contributed by atoms with Gasteiger partial charge in [-0.1, -0.05) is 24.3 Å². The number of hydrogen-bond donors (Lipinski definition) is 1. The molecule has 0 saturated carbocycles. The van der Waals surface area contributed by atoms with Crippen LogP contribution in [0.25, 0.3) is 0 Å². The quantitative estimate of drug-likeness (QED) is 0.389. The Bertz CT molecular complexity index is 591. The first-order valence-electron chi connectivity index (χ1n) is 5.36. The van der Waals surface area contributed by atoms with Gasteiger partial charge >= 0.3 is 5.97 Å². The Hall–Kier alpha value is -2.62. The zero-order valence-corrected chi connectivity index (χ0v) is 9.48. The second kappa shape index (κ2) is 5.14. The summed E-state index contributed by atoms with van der Waals surface area (Å²) in [7, 11) is 0. The Balaban J connectivity index is 2.33. The Morgan fingerprint density at radius 1 is 1.11 bits per heavy atom. The normalized spacial score (nSPS) is 11.2. The Morgan fingerprint density at radius 2 is 1.83 bits per heavy atom. The summed E-state index contributed by atoms with van der Waals surface area (Å²) in [5.74, 6) is -1.01. The van der Waals surface area contributed by atoms with Crippen LogP contribution < -0.4 is 0 Å². The summed E-state index contributed by atoms with van der Waals surface area (Å²) in [5.41, 5.74) is 1.21. The second-order valence-corrected chi connectivity index (χ2v) is 3.72. The minimum Gasteiger partial charge on any atom is -0.618 e. The third-order valence-corrected chi connectivity index (χ3v) is 2.41. The number of aromatic carboxylic acids is 1. The molecule has 90 valence electrons. The highest BCUT2D eigenvalue weighted by molar-refractivity contribution is 5.90. The van der Waals surface area contributed by atoms with E-state index >= 15 is 0 Å². The monoisotopic (exact) mass is 241 g/mol. The molecular formula is C14H11NO3. The second-order valence-electron chi connectivity index (χ2n) is 3.72. The summed E-state index contributed by atoms with van der Waals surface area (Å²) >= 11 is 0. The highest BCUT2D eigenvalue weighted by Gasteiger charge is 2.05. The van der Waals surface area contributed by atoms with Crippen LogP contribution in [0.1, 0.15) is 15.9 Å². The zero-order chi connectivity index (χ0) is 13.0. The molecule has 18 heavy (non-hydrogen) atoms. The van der Waals surface area contributed by atoms with Crippen molar-refractivity contribution in [2.45, 2.75) is 0 Å². The first-order valence-corrected chi connectivity index (χ1v) is 5.36. The van der Waals surface area contributed by atoms with E-state index in [0.29, 0.717) is 16.0 Å². The molecule has 4 nitrogen and oxygen atoms in total. The number of benzene rings is 2. The van der Waals surface area contributed by atoms with Crippen LogP contribution in [0.5, 0.6) is 0 Å². The molecule has 0 amide bonds. The van der Waals surface area contributed by atoms with Crippen LogP contribution in [0.4, 0.5) is 5.69 Å². The van der Waals surface area contributed by atoms with Gasteiger partial charge in [0.15, 0.2) is 6.21 Å². The van der Waals surface area contributed by atoms with Gasteiger partial charge in [-0.15, -0.1) is 0 Å². The van der Waals surface area contributed by atoms with Crippen molar-refractivity contribution in [1.82, 2.24) is 0 Å². The maximum Gasteiger partial charge on any atom is 0.335 e. The number of carboxylic acids is 1. The lowest BCUT2D eigenvalue weighted by atomic mass is 10.1. The largest absolute Gasteiger partial charge is 0.618 e. The van der Waals surface area contributed by atoms with Gasteiger partial charge in [-0.25, -0.2) is 4.79 Å². The van der Waals surface area contributed by atoms with Crippen molar-refractivity contribution in [2.75, 3.05) is 0 Å². The fourth-order valence-electron chi connectivity index (χ4n) is 1.54. The minimum atomic E-state index is -1.01. The average Bonchev–Trinajstić information content (AvgIpc) is 2.40. The van der Waals surface area contributed by atoms with E-state index < -0.39 is 5.97 Å². The highest BCUT2D eigenvalue weighted by Crippen LogP contribution is 2.10. The first kappa shape index (κ1) is 11.9. The van der Waals surface area contributed by atoms with E-state index in [2.05, 4.69) is 0 Å². The van der Waals surface area contributed by atoms with Gasteiger partial charge in [0.05, 0.1) is 5.56 Å². The van der Waals surface area contributed by atoms with Crippen LogP contribution >= 0.6 is 0 Å². The molecule has 0 atom stereocenters. The molecule has 4 heteroatoms. The molecule has 0 aromatic heterocycles. The lowest BCUT2D eigenvalue weighted by Crippen LogP contribution is -2.01. The molecular weight excluding hydrogens is 230 g/mol. The summed E-state index contributed by atoms with van der Waals surface area (Å²) in [6.07, 6.45) is 1.35. The van der Waals surface area contributed by atoms with Crippen molar-refractivity contribution in [3.05, 3.63) is 70.9 Å². The molecule has 2 rings (SSSR count). The van der Waals surface area contributed by atoms with Crippen molar-refractivity contribution in [3.8, 4) is 0 Å². The van der Waals surface area contributed by atoms with Gasteiger partial charge < -0.3 is 10.3 Å². The number of nitrogens with zero attached hydrogens (tertiary/aromatic N) is 1. The van der Waals surface area contributed by atoms with E-state index in [4.69, 9.17) is 5.11 Å². The standard InChI is InChI=1S/C14H11NO3/c16-14(17)12-6-4-5-11(9-12)10-15(18)13-7-2-1-3-8-13/h1-10H,(H,16,17). The maximum atomic E-state index is 11.8. The minimum absolute atomic E-state index is 0.158. The third-order valence-electron chi connectivity index (χ3n) is 2.41. The molecule has 0 fully saturated rings. The van der Waals surface area contributed by atoms with Crippen molar-refractivity contribution in [1.29, 1.82) is 0 Å². The molecule has 0 aliphatic rings. The van der Waals surface area contributed by atoms with Crippen molar-refractivity contribution in [3.63, 3.8) is 0 Å². The number of para-hydroxylation sites is 1. The van der Waals surface area contributed by atoms with Crippen molar-refractivity contribution >= 4 is 17.9 Å². The van der Waals surface area contributed by atoms with Crippen LogP contribution in [-0.2, 0) is 0 Å². The predicted octanol–water partition coefficient (Wildman–Crippen LogP) is 2.65. The Kier molecular flexibility index (Phi) is 3.38. The molecule has 0 heterocycles. The third kappa shape index (κ3) is 2.74. The molecule has 1 N–H and O–H groups in total. The van der Waals surface area contributed by atoms with Crippen molar-refractivity contribution in [2.24, 2.45) is 0 Å². The smallest absolute Gasteiger partial charge is 0.335 e. The molecule has 0 saturated heterocycles. The van der Waals surface area contributed by atoms with Crippen LogP contribution in [0.2, 0.25) is 0 Å². The number of carbonyl (C=O) groups is 1. The molecule has 0 bridgehead atoms. The van der Waals surface area contributed by atoms with Crippen LogP contribution in [0.3, 0.4) is 0 Å². The Morgan fingerprint density at radius 3 is 2.50 bits per heavy atom. The van der Waals surface area contributed by atoms with Crippen LogP contribution in [-0.4, -0.2) is 22.0 Å². The molecule has 0 aliphatic heterocycles. The topological polar surface area (TPSA) is 63.4 Å². The predicted molar refractivity (Wildman–Crippen MR) is 68.3 cm³/mol. The van der Waals surface area contributed by atoms with Gasteiger partial charge in [0, 0.05) is 17.7 Å². The lowest BCUT2D eigenvalue weighted by Gasteiger charge is -2.02. The Labute approximate surface area is 104 Å². The summed E-state index contributed by atoms with van der Waals surface area (Å²) in [5, 5.41) is 20.7. The van der Waals surface area contributed by atoms with Gasteiger partial charge in [-0.3, -0.25) is 0 Å². The fourth-order valence-corrected chi connectivity index (χ4v) is 1.54. The number of rotatable bonds is 3. The summed E-state index contributed by atoms with van der Waals surface area (Å²) in [6.45, 7) is 0. The molecule has 0 unspecified atom stereocenters. The van der Waals surface area contributed by atoms with E-state index in [0.717, 1.165) is 0 Å². The van der Waals surface area contributed by atoms with Gasteiger partial charge in [0.25, 0.3) is 0 Å². The zero-order valence-electron chi connectivity index (χ0n) is 9.48. The maximum absolute atomic E-state index is 11.8. The first-order chi connectivity index (χ1) is 8.66. The molecule has 2 aromatic carbocycles. The fraction of sp³-hybridized carbons (Fsp3) is 0. The van der Waals surface area contributed by atoms with E-state index in [9.17, 15) is 10.0 Å². The summed E-state index contributed by atoms with van der Waals surface area (Å²) in [6, 6.07) is 14.9. The van der Waals surface area contributed by atoms with E-state index in [-0.39, 0.29) is 5.56 Å². The van der Waals surface area contributed by atoms with Gasteiger partial charge in [-0.2, -0.15) is 4.74 Å². The lowest BCUT2D eigenvalue weighted by molar-refractivity contribution is -0.354. The van der Waals surface area contributed by atoms with Crippen molar-refractivity contribution < 1.29 is 14.6 Å². The molecule has 2 aromatic rings. The van der Waals surface area contributed by atoms with Gasteiger partial charge in [0.1, 0.15) is 0 Å². The molecule has 0 aliphatic carbocycles. The van der Waals surface area contributed by atoms with Crippen LogP contribution in [0, 0.1) is 5.21 Å². The molecule has 0 radical (unpaired) electrons. The molecule has 0 spiro atoms. The summed E-state index contributed by atoms with van der Waals surface area (Å²) in [4.78, 5) is 10.8. The van der Waals surface area contributed by atoms with Gasteiger partial charge in [0.2, 0.25) is 5.69 Å². The SMILES string of the molecule is O=C(O)c1cccc(C=[N+]([O-])c2ccccc2)c1. The van der Waals surface area contributed by atoms with E-state index in [1.165, 1.54) is 18.3 Å².